The van der Waals surface area contributed by atoms with Crippen molar-refractivity contribution in [2.45, 2.75) is 20.0 Å². The molecule has 0 aliphatic rings. The topological polar surface area (TPSA) is 62.3 Å². The summed E-state index contributed by atoms with van der Waals surface area (Å²) in [4.78, 5) is 2.02. The molecule has 0 atom stereocenters. The lowest BCUT2D eigenvalue weighted by Crippen LogP contribution is -2.11. The van der Waals surface area contributed by atoms with Crippen molar-refractivity contribution >= 4 is 17.1 Å². The molecule has 0 radical (unpaired) electrons. The Morgan fingerprint density at radius 2 is 1.71 bits per heavy atom. The van der Waals surface area contributed by atoms with Crippen LogP contribution in [-0.4, -0.2) is 13.2 Å². The first-order chi connectivity index (χ1) is 10.0. The van der Waals surface area contributed by atoms with E-state index in [-0.39, 0.29) is 6.10 Å². The van der Waals surface area contributed by atoms with Crippen LogP contribution in [0.4, 0.5) is 17.1 Å². The lowest BCUT2D eigenvalue weighted by molar-refractivity contribution is 0.244. The minimum atomic E-state index is 0.0720. The number of nitrogens with two attached hydrogens (primary N) is 1. The molecule has 0 heterocycles. The first-order valence-electron chi connectivity index (χ1n) is 6.81. The van der Waals surface area contributed by atoms with Crippen LogP contribution in [0.5, 0.6) is 5.75 Å². The molecule has 21 heavy (non-hydrogen) atoms. The third-order valence-corrected chi connectivity index (χ3v) is 3.13. The van der Waals surface area contributed by atoms with Gasteiger partial charge in [-0.3, -0.25) is 0 Å². The lowest BCUT2D eigenvalue weighted by Gasteiger charge is -2.21. The average Bonchev–Trinajstić information content (AvgIpc) is 2.48. The summed E-state index contributed by atoms with van der Waals surface area (Å²) in [5, 5.41) is 8.84. The van der Waals surface area contributed by atoms with Crippen molar-refractivity contribution in [2.75, 3.05) is 17.7 Å². The Kier molecular flexibility index (Phi) is 4.34. The van der Waals surface area contributed by atoms with Gasteiger partial charge in [0.2, 0.25) is 0 Å². The standard InChI is InChI=1S/C17H19N3O/c1-12(2)21-17-10-15(8-9-16(17)19)20(3)14-6-4-13(11-18)5-7-14/h4-10,12H,19H2,1-3H3. The van der Waals surface area contributed by atoms with E-state index in [0.29, 0.717) is 17.0 Å². The van der Waals surface area contributed by atoms with Crippen LogP contribution >= 0.6 is 0 Å². The lowest BCUT2D eigenvalue weighted by atomic mass is 10.2. The second-order valence-corrected chi connectivity index (χ2v) is 5.11. The van der Waals surface area contributed by atoms with E-state index in [4.69, 9.17) is 15.7 Å². The monoisotopic (exact) mass is 281 g/mol. The molecule has 0 fully saturated rings. The van der Waals surface area contributed by atoms with Crippen LogP contribution in [0, 0.1) is 11.3 Å². The molecule has 4 heteroatoms. The first-order valence-corrected chi connectivity index (χ1v) is 6.81. The largest absolute Gasteiger partial charge is 0.489 e. The third-order valence-electron chi connectivity index (χ3n) is 3.13. The number of ether oxygens (including phenoxy) is 1. The van der Waals surface area contributed by atoms with Gasteiger partial charge in [-0.25, -0.2) is 0 Å². The highest BCUT2D eigenvalue weighted by molar-refractivity contribution is 5.68. The zero-order chi connectivity index (χ0) is 15.4. The van der Waals surface area contributed by atoms with Gasteiger partial charge in [0.1, 0.15) is 5.75 Å². The normalized spacial score (nSPS) is 10.2. The number of nitrogens with zero attached hydrogens (tertiary/aromatic N) is 2. The first kappa shape index (κ1) is 14.7. The van der Waals surface area contributed by atoms with Crippen LogP contribution in [0.25, 0.3) is 0 Å². The van der Waals surface area contributed by atoms with E-state index in [9.17, 15) is 0 Å². The van der Waals surface area contributed by atoms with Gasteiger partial charge in [0, 0.05) is 24.5 Å². The number of hydrogen-bond acceptors (Lipinski definition) is 4. The van der Waals surface area contributed by atoms with Gasteiger partial charge in [0.05, 0.1) is 23.4 Å². The minimum Gasteiger partial charge on any atom is -0.489 e. The van der Waals surface area contributed by atoms with Crippen LogP contribution < -0.4 is 15.4 Å². The molecule has 2 aromatic rings. The number of nitrogen functional groups attached to an aromatic ring is 1. The Balaban J connectivity index is 2.29. The second-order valence-electron chi connectivity index (χ2n) is 5.11. The Hall–Kier alpha value is -2.67. The predicted octanol–water partition coefficient (Wildman–Crippen LogP) is 3.70. The van der Waals surface area contributed by atoms with E-state index < -0.39 is 0 Å². The van der Waals surface area contributed by atoms with E-state index in [1.54, 1.807) is 12.1 Å². The molecule has 4 nitrogen and oxygen atoms in total. The average molecular weight is 281 g/mol. The van der Waals surface area contributed by atoms with Crippen LogP contribution in [0.3, 0.4) is 0 Å². The van der Waals surface area contributed by atoms with Gasteiger partial charge in [0.25, 0.3) is 0 Å². The smallest absolute Gasteiger partial charge is 0.144 e. The zero-order valence-electron chi connectivity index (χ0n) is 12.5. The van der Waals surface area contributed by atoms with Gasteiger partial charge in [-0.15, -0.1) is 0 Å². The molecule has 2 aromatic carbocycles. The van der Waals surface area contributed by atoms with Crippen molar-refractivity contribution in [2.24, 2.45) is 0 Å². The van der Waals surface area contributed by atoms with Gasteiger partial charge in [-0.1, -0.05) is 0 Å². The molecule has 2 N–H and O–H groups in total. The van der Waals surface area contributed by atoms with E-state index in [2.05, 4.69) is 6.07 Å². The fraction of sp³-hybridized carbons (Fsp3) is 0.235. The molecular formula is C17H19N3O. The number of benzene rings is 2. The van der Waals surface area contributed by atoms with Crippen molar-refractivity contribution in [1.82, 2.24) is 0 Å². The van der Waals surface area contributed by atoms with E-state index in [1.165, 1.54) is 0 Å². The highest BCUT2D eigenvalue weighted by Gasteiger charge is 2.09. The molecule has 0 bridgehead atoms. The molecule has 0 amide bonds. The van der Waals surface area contributed by atoms with Crippen molar-refractivity contribution in [3.05, 3.63) is 48.0 Å². The number of hydrogen-bond donors (Lipinski definition) is 1. The molecule has 0 unspecified atom stereocenters. The van der Waals surface area contributed by atoms with Crippen molar-refractivity contribution in [1.29, 1.82) is 5.26 Å². The quantitative estimate of drug-likeness (QED) is 0.868. The maximum Gasteiger partial charge on any atom is 0.144 e. The van der Waals surface area contributed by atoms with E-state index in [1.807, 2.05) is 56.1 Å². The van der Waals surface area contributed by atoms with Crippen molar-refractivity contribution < 1.29 is 4.74 Å². The second kappa shape index (κ2) is 6.19. The van der Waals surface area contributed by atoms with Gasteiger partial charge < -0.3 is 15.4 Å². The summed E-state index contributed by atoms with van der Waals surface area (Å²) in [5.74, 6) is 0.683. The Bertz CT molecular complexity index is 657. The predicted molar refractivity (Wildman–Crippen MR) is 85.8 cm³/mol. The molecule has 0 spiro atoms. The Morgan fingerprint density at radius 3 is 2.29 bits per heavy atom. The zero-order valence-corrected chi connectivity index (χ0v) is 12.5. The Morgan fingerprint density at radius 1 is 1.10 bits per heavy atom. The molecular weight excluding hydrogens is 262 g/mol. The van der Waals surface area contributed by atoms with Gasteiger partial charge in [-0.05, 0) is 50.2 Å². The van der Waals surface area contributed by atoms with E-state index >= 15 is 0 Å². The molecule has 0 aromatic heterocycles. The maximum atomic E-state index is 8.84. The molecule has 0 aliphatic heterocycles. The van der Waals surface area contributed by atoms with Crippen molar-refractivity contribution in [3.63, 3.8) is 0 Å². The van der Waals surface area contributed by atoms with Crippen LogP contribution in [0.1, 0.15) is 19.4 Å². The van der Waals surface area contributed by atoms with Gasteiger partial charge in [-0.2, -0.15) is 5.26 Å². The van der Waals surface area contributed by atoms with Gasteiger partial charge >= 0.3 is 0 Å². The third kappa shape index (κ3) is 3.46. The van der Waals surface area contributed by atoms with Crippen LogP contribution in [0.15, 0.2) is 42.5 Å². The highest BCUT2D eigenvalue weighted by Crippen LogP contribution is 2.31. The highest BCUT2D eigenvalue weighted by atomic mass is 16.5. The summed E-state index contributed by atoms with van der Waals surface area (Å²) < 4.78 is 5.71. The summed E-state index contributed by atoms with van der Waals surface area (Å²) in [7, 11) is 1.96. The van der Waals surface area contributed by atoms with Crippen LogP contribution in [-0.2, 0) is 0 Å². The summed E-state index contributed by atoms with van der Waals surface area (Å²) in [6.07, 6.45) is 0.0720. The van der Waals surface area contributed by atoms with Crippen LogP contribution in [0.2, 0.25) is 0 Å². The summed E-state index contributed by atoms with van der Waals surface area (Å²) in [6, 6.07) is 15.3. The van der Waals surface area contributed by atoms with E-state index in [0.717, 1.165) is 11.4 Å². The minimum absolute atomic E-state index is 0.0720. The summed E-state index contributed by atoms with van der Waals surface area (Å²) in [5.41, 5.74) is 9.18. The molecule has 0 saturated carbocycles. The SMILES string of the molecule is CC(C)Oc1cc(N(C)c2ccc(C#N)cc2)ccc1N. The fourth-order valence-corrected chi connectivity index (χ4v) is 2.00. The molecule has 0 aliphatic carbocycles. The molecule has 2 rings (SSSR count). The molecule has 0 saturated heterocycles. The fourth-order valence-electron chi connectivity index (χ4n) is 2.00. The number of nitriles is 1. The number of anilines is 3. The summed E-state index contributed by atoms with van der Waals surface area (Å²) in [6.45, 7) is 3.94. The maximum absolute atomic E-state index is 8.84. The molecule has 108 valence electrons. The Labute approximate surface area is 125 Å². The van der Waals surface area contributed by atoms with Gasteiger partial charge in [0.15, 0.2) is 0 Å². The summed E-state index contributed by atoms with van der Waals surface area (Å²) >= 11 is 0. The number of rotatable bonds is 4. The van der Waals surface area contributed by atoms with Crippen molar-refractivity contribution in [3.8, 4) is 11.8 Å².